The van der Waals surface area contributed by atoms with Crippen molar-refractivity contribution in [2.45, 2.75) is 32.6 Å². The maximum Gasteiger partial charge on any atom is 0.274 e. The topological polar surface area (TPSA) is 58.2 Å². The minimum absolute atomic E-state index is 0.0467. The second kappa shape index (κ2) is 7.51. The Morgan fingerprint density at radius 1 is 1.42 bits per heavy atom. The van der Waals surface area contributed by atoms with Gasteiger partial charge in [-0.1, -0.05) is 12.1 Å². The summed E-state index contributed by atoms with van der Waals surface area (Å²) >= 11 is 0. The summed E-state index contributed by atoms with van der Waals surface area (Å²) in [6.45, 7) is 3.58. The van der Waals surface area contributed by atoms with E-state index >= 15 is 0 Å². The number of piperidine rings is 1. The average Bonchev–Trinajstić information content (AvgIpc) is 3.06. The number of hydrogen-bond acceptors (Lipinski definition) is 3. The SMILES string of the molecule is COc1cccc(CC[C@@H]2CCCN(C(=O)c3cc(C)[nH]n3)C2)c1. The van der Waals surface area contributed by atoms with E-state index in [0.717, 1.165) is 43.8 Å². The van der Waals surface area contributed by atoms with Crippen LogP contribution in [-0.2, 0) is 6.42 Å². The molecular weight excluding hydrogens is 302 g/mol. The third-order valence-electron chi connectivity index (χ3n) is 4.71. The Balaban J connectivity index is 1.56. The van der Waals surface area contributed by atoms with E-state index < -0.39 is 0 Å². The Bertz CT molecular complexity index is 695. The maximum atomic E-state index is 12.5. The van der Waals surface area contributed by atoms with Gasteiger partial charge in [0.15, 0.2) is 0 Å². The molecule has 1 aliphatic heterocycles. The number of likely N-dealkylation sites (tertiary alicyclic amines) is 1. The molecule has 1 N–H and O–H groups in total. The normalized spacial score (nSPS) is 17.8. The van der Waals surface area contributed by atoms with Crippen molar-refractivity contribution in [2.24, 2.45) is 5.92 Å². The number of nitrogens with zero attached hydrogens (tertiary/aromatic N) is 2. The minimum Gasteiger partial charge on any atom is -0.497 e. The average molecular weight is 327 g/mol. The van der Waals surface area contributed by atoms with Crippen LogP contribution in [0.15, 0.2) is 30.3 Å². The number of ether oxygens (including phenoxy) is 1. The smallest absolute Gasteiger partial charge is 0.274 e. The Morgan fingerprint density at radius 2 is 2.29 bits per heavy atom. The molecule has 1 saturated heterocycles. The molecule has 0 unspecified atom stereocenters. The lowest BCUT2D eigenvalue weighted by Gasteiger charge is -2.32. The van der Waals surface area contributed by atoms with E-state index in [9.17, 15) is 4.79 Å². The molecule has 128 valence electrons. The molecule has 1 aromatic carbocycles. The van der Waals surface area contributed by atoms with Gasteiger partial charge in [-0.05, 0) is 62.3 Å². The van der Waals surface area contributed by atoms with Crippen LogP contribution < -0.4 is 4.74 Å². The molecule has 2 aromatic rings. The zero-order valence-electron chi connectivity index (χ0n) is 14.4. The number of carbonyl (C=O) groups excluding carboxylic acids is 1. The van der Waals surface area contributed by atoms with Gasteiger partial charge in [0.25, 0.3) is 5.91 Å². The molecular formula is C19H25N3O2. The second-order valence-corrected chi connectivity index (χ2v) is 6.59. The lowest BCUT2D eigenvalue weighted by atomic mass is 9.91. The molecule has 5 heteroatoms. The van der Waals surface area contributed by atoms with Crippen LogP contribution >= 0.6 is 0 Å². The number of aromatic nitrogens is 2. The van der Waals surface area contributed by atoms with Gasteiger partial charge in [-0.3, -0.25) is 9.89 Å². The molecule has 2 heterocycles. The molecule has 1 fully saturated rings. The number of H-pyrrole nitrogens is 1. The van der Waals surface area contributed by atoms with E-state index in [1.54, 1.807) is 7.11 Å². The molecule has 3 rings (SSSR count). The Kier molecular flexibility index (Phi) is 5.18. The van der Waals surface area contributed by atoms with Crippen LogP contribution in [0.3, 0.4) is 0 Å². The summed E-state index contributed by atoms with van der Waals surface area (Å²) in [5.41, 5.74) is 2.74. The highest BCUT2D eigenvalue weighted by Crippen LogP contribution is 2.23. The number of aryl methyl sites for hydroxylation is 2. The van der Waals surface area contributed by atoms with E-state index in [0.29, 0.717) is 11.6 Å². The first-order valence-corrected chi connectivity index (χ1v) is 8.60. The largest absolute Gasteiger partial charge is 0.497 e. The Morgan fingerprint density at radius 3 is 3.04 bits per heavy atom. The molecule has 1 aromatic heterocycles. The van der Waals surface area contributed by atoms with Gasteiger partial charge in [0.2, 0.25) is 0 Å². The highest BCUT2D eigenvalue weighted by atomic mass is 16.5. The van der Waals surface area contributed by atoms with E-state index in [-0.39, 0.29) is 5.91 Å². The first-order chi connectivity index (χ1) is 11.7. The fraction of sp³-hybridized carbons (Fsp3) is 0.474. The highest BCUT2D eigenvalue weighted by Gasteiger charge is 2.25. The molecule has 0 saturated carbocycles. The van der Waals surface area contributed by atoms with Crippen LogP contribution in [0.1, 0.15) is 41.0 Å². The molecule has 1 aliphatic rings. The summed E-state index contributed by atoms with van der Waals surface area (Å²) in [5, 5.41) is 6.95. The van der Waals surface area contributed by atoms with Crippen LogP contribution in [0.2, 0.25) is 0 Å². The lowest BCUT2D eigenvalue weighted by Crippen LogP contribution is -2.40. The molecule has 1 amide bonds. The fourth-order valence-electron chi connectivity index (χ4n) is 3.37. The van der Waals surface area contributed by atoms with E-state index in [1.807, 2.05) is 30.0 Å². The van der Waals surface area contributed by atoms with Gasteiger partial charge >= 0.3 is 0 Å². The second-order valence-electron chi connectivity index (χ2n) is 6.59. The summed E-state index contributed by atoms with van der Waals surface area (Å²) in [6, 6.07) is 10.1. The summed E-state index contributed by atoms with van der Waals surface area (Å²) in [7, 11) is 1.69. The molecule has 0 spiro atoms. The molecule has 5 nitrogen and oxygen atoms in total. The zero-order valence-corrected chi connectivity index (χ0v) is 14.4. The lowest BCUT2D eigenvalue weighted by molar-refractivity contribution is 0.0662. The van der Waals surface area contributed by atoms with Gasteiger partial charge in [-0.25, -0.2) is 0 Å². The zero-order chi connectivity index (χ0) is 16.9. The number of nitrogens with one attached hydrogen (secondary N) is 1. The number of benzene rings is 1. The van der Waals surface area contributed by atoms with Crippen molar-refractivity contribution >= 4 is 5.91 Å². The van der Waals surface area contributed by atoms with Crippen molar-refractivity contribution in [1.82, 2.24) is 15.1 Å². The number of aromatic amines is 1. The van der Waals surface area contributed by atoms with Crippen molar-refractivity contribution in [3.63, 3.8) is 0 Å². The minimum atomic E-state index is 0.0467. The van der Waals surface area contributed by atoms with Crippen LogP contribution in [0.25, 0.3) is 0 Å². The Labute approximate surface area is 143 Å². The van der Waals surface area contributed by atoms with E-state index in [2.05, 4.69) is 22.3 Å². The summed E-state index contributed by atoms with van der Waals surface area (Å²) in [6.07, 6.45) is 4.37. The standard InChI is InChI=1S/C19H25N3O2/c1-14-11-18(21-20-14)19(23)22-10-4-6-16(13-22)9-8-15-5-3-7-17(12-15)24-2/h3,5,7,11-12,16H,4,6,8-10,13H2,1-2H3,(H,20,21)/t16-/m0/s1. The number of rotatable bonds is 5. The monoisotopic (exact) mass is 327 g/mol. The van der Waals surface area contributed by atoms with Crippen molar-refractivity contribution in [1.29, 1.82) is 0 Å². The number of methoxy groups -OCH3 is 1. The van der Waals surface area contributed by atoms with E-state index in [1.165, 1.54) is 12.0 Å². The quantitative estimate of drug-likeness (QED) is 0.917. The van der Waals surface area contributed by atoms with Crippen LogP contribution in [0.4, 0.5) is 0 Å². The third kappa shape index (κ3) is 3.96. The van der Waals surface area contributed by atoms with Crippen molar-refractivity contribution < 1.29 is 9.53 Å². The van der Waals surface area contributed by atoms with Crippen molar-refractivity contribution in [3.8, 4) is 5.75 Å². The molecule has 0 aliphatic carbocycles. The summed E-state index contributed by atoms with van der Waals surface area (Å²) in [4.78, 5) is 14.5. The van der Waals surface area contributed by atoms with Gasteiger partial charge in [0.1, 0.15) is 11.4 Å². The van der Waals surface area contributed by atoms with Gasteiger partial charge in [-0.2, -0.15) is 5.10 Å². The first kappa shape index (κ1) is 16.6. The molecule has 0 radical (unpaired) electrons. The summed E-state index contributed by atoms with van der Waals surface area (Å²) in [5.74, 6) is 1.50. The van der Waals surface area contributed by atoms with Crippen molar-refractivity contribution in [3.05, 3.63) is 47.3 Å². The highest BCUT2D eigenvalue weighted by molar-refractivity contribution is 5.92. The molecule has 24 heavy (non-hydrogen) atoms. The fourth-order valence-corrected chi connectivity index (χ4v) is 3.37. The molecule has 0 bridgehead atoms. The van der Waals surface area contributed by atoms with E-state index in [4.69, 9.17) is 4.74 Å². The van der Waals surface area contributed by atoms with Gasteiger partial charge in [0, 0.05) is 18.8 Å². The first-order valence-electron chi connectivity index (χ1n) is 8.60. The maximum absolute atomic E-state index is 12.5. The summed E-state index contributed by atoms with van der Waals surface area (Å²) < 4.78 is 5.28. The number of amides is 1. The number of hydrogen-bond donors (Lipinski definition) is 1. The van der Waals surface area contributed by atoms with Gasteiger partial charge < -0.3 is 9.64 Å². The van der Waals surface area contributed by atoms with Crippen LogP contribution in [0.5, 0.6) is 5.75 Å². The predicted molar refractivity (Wildman–Crippen MR) is 93.3 cm³/mol. The van der Waals surface area contributed by atoms with Gasteiger partial charge in [0.05, 0.1) is 7.11 Å². The predicted octanol–water partition coefficient (Wildman–Crippen LogP) is 3.21. The van der Waals surface area contributed by atoms with Crippen LogP contribution in [0, 0.1) is 12.8 Å². The number of carbonyl (C=O) groups is 1. The Hall–Kier alpha value is -2.30. The van der Waals surface area contributed by atoms with Gasteiger partial charge in [-0.15, -0.1) is 0 Å². The molecule has 1 atom stereocenters. The van der Waals surface area contributed by atoms with Crippen molar-refractivity contribution in [2.75, 3.05) is 20.2 Å². The van der Waals surface area contributed by atoms with Crippen LogP contribution in [-0.4, -0.2) is 41.2 Å². The third-order valence-corrected chi connectivity index (χ3v) is 4.71.